The van der Waals surface area contributed by atoms with Crippen molar-refractivity contribution < 1.29 is 9.59 Å². The highest BCUT2D eigenvalue weighted by molar-refractivity contribution is 5.94. The Bertz CT molecular complexity index is 570. The maximum absolute atomic E-state index is 12.5. The van der Waals surface area contributed by atoms with E-state index in [1.165, 1.54) is 6.42 Å². The van der Waals surface area contributed by atoms with Crippen LogP contribution in [0.1, 0.15) is 42.5 Å². The smallest absolute Gasteiger partial charge is 0.251 e. The van der Waals surface area contributed by atoms with Gasteiger partial charge in [-0.25, -0.2) is 0 Å². The summed E-state index contributed by atoms with van der Waals surface area (Å²) in [5.41, 5.74) is 0.691. The summed E-state index contributed by atoms with van der Waals surface area (Å²) in [7, 11) is 0. The number of nitrogens with zero attached hydrogens (tertiary/aromatic N) is 1. The average molecular weight is 343 g/mol. The highest BCUT2D eigenvalue weighted by Crippen LogP contribution is 2.19. The first-order valence-corrected chi connectivity index (χ1v) is 9.54. The molecular weight excluding hydrogens is 314 g/mol. The lowest BCUT2D eigenvalue weighted by Gasteiger charge is -2.33. The molecule has 2 fully saturated rings. The summed E-state index contributed by atoms with van der Waals surface area (Å²) in [6, 6.07) is 9.29. The first kappa shape index (κ1) is 17.9. The molecule has 1 aromatic carbocycles. The standard InChI is InChI=1S/C20H29N3O2/c24-19(9-8-16-10-11-21-13-16)23-12-4-5-17(15-23)14-22-20(25)18-6-2-1-3-7-18/h1-3,6-7,16-17,21H,4-5,8-15H2,(H,22,25). The van der Waals surface area contributed by atoms with E-state index in [2.05, 4.69) is 10.6 Å². The van der Waals surface area contributed by atoms with Gasteiger partial charge in [0.25, 0.3) is 5.91 Å². The average Bonchev–Trinajstić information content (AvgIpc) is 3.19. The second kappa shape index (κ2) is 8.99. The largest absolute Gasteiger partial charge is 0.352 e. The molecule has 0 aliphatic carbocycles. The Hall–Kier alpha value is -1.88. The van der Waals surface area contributed by atoms with Gasteiger partial charge in [0.2, 0.25) is 5.91 Å². The van der Waals surface area contributed by atoms with Crippen molar-refractivity contribution in [2.45, 2.75) is 32.1 Å². The minimum atomic E-state index is -0.0298. The highest BCUT2D eigenvalue weighted by atomic mass is 16.2. The zero-order chi connectivity index (χ0) is 17.5. The van der Waals surface area contributed by atoms with Crippen LogP contribution in [0.15, 0.2) is 30.3 Å². The van der Waals surface area contributed by atoms with Gasteiger partial charge in [0.1, 0.15) is 0 Å². The van der Waals surface area contributed by atoms with Gasteiger partial charge in [0, 0.05) is 31.6 Å². The molecule has 0 radical (unpaired) electrons. The lowest BCUT2D eigenvalue weighted by molar-refractivity contribution is -0.133. The second-order valence-corrected chi connectivity index (χ2v) is 7.32. The number of nitrogens with one attached hydrogen (secondary N) is 2. The summed E-state index contributed by atoms with van der Waals surface area (Å²) in [6.07, 6.45) is 4.96. The topological polar surface area (TPSA) is 61.4 Å². The van der Waals surface area contributed by atoms with Crippen LogP contribution in [-0.4, -0.2) is 49.4 Å². The first-order valence-electron chi connectivity index (χ1n) is 9.54. The quantitative estimate of drug-likeness (QED) is 0.831. The number of carbonyl (C=O) groups is 2. The van der Waals surface area contributed by atoms with Gasteiger partial charge in [-0.15, -0.1) is 0 Å². The number of hydrogen-bond donors (Lipinski definition) is 2. The summed E-state index contributed by atoms with van der Waals surface area (Å²) in [5.74, 6) is 1.27. The van der Waals surface area contributed by atoms with Gasteiger partial charge in [-0.2, -0.15) is 0 Å². The minimum Gasteiger partial charge on any atom is -0.352 e. The highest BCUT2D eigenvalue weighted by Gasteiger charge is 2.25. The van der Waals surface area contributed by atoms with Crippen molar-refractivity contribution in [3.8, 4) is 0 Å². The van der Waals surface area contributed by atoms with E-state index in [0.29, 0.717) is 30.4 Å². The summed E-state index contributed by atoms with van der Waals surface area (Å²) in [5, 5.41) is 6.38. The van der Waals surface area contributed by atoms with Crippen LogP contribution in [-0.2, 0) is 4.79 Å². The second-order valence-electron chi connectivity index (χ2n) is 7.32. The van der Waals surface area contributed by atoms with E-state index in [4.69, 9.17) is 0 Å². The summed E-state index contributed by atoms with van der Waals surface area (Å²) in [6.45, 7) is 4.43. The van der Waals surface area contributed by atoms with Crippen LogP contribution in [0.25, 0.3) is 0 Å². The van der Waals surface area contributed by atoms with E-state index in [1.807, 2.05) is 35.2 Å². The van der Waals surface area contributed by atoms with E-state index in [9.17, 15) is 9.59 Å². The molecule has 2 unspecified atom stereocenters. The van der Waals surface area contributed by atoms with E-state index < -0.39 is 0 Å². The number of hydrogen-bond acceptors (Lipinski definition) is 3. The SMILES string of the molecule is O=C(NCC1CCCN(C(=O)CCC2CCNC2)C1)c1ccccc1. The molecule has 5 heteroatoms. The van der Waals surface area contributed by atoms with Crippen LogP contribution in [0.4, 0.5) is 0 Å². The fourth-order valence-corrected chi connectivity index (χ4v) is 3.83. The molecular formula is C20H29N3O2. The zero-order valence-corrected chi connectivity index (χ0v) is 14.9. The lowest BCUT2D eigenvalue weighted by Crippen LogP contribution is -2.43. The third-order valence-electron chi connectivity index (χ3n) is 5.39. The van der Waals surface area contributed by atoms with E-state index in [0.717, 1.165) is 45.4 Å². The summed E-state index contributed by atoms with van der Waals surface area (Å²) in [4.78, 5) is 26.6. The Morgan fingerprint density at radius 1 is 1.16 bits per heavy atom. The van der Waals surface area contributed by atoms with Crippen molar-refractivity contribution in [3.05, 3.63) is 35.9 Å². The molecule has 2 saturated heterocycles. The number of rotatable bonds is 6. The van der Waals surface area contributed by atoms with Crippen molar-refractivity contribution >= 4 is 11.8 Å². The fraction of sp³-hybridized carbons (Fsp3) is 0.600. The van der Waals surface area contributed by atoms with Gasteiger partial charge >= 0.3 is 0 Å². The van der Waals surface area contributed by atoms with E-state index in [-0.39, 0.29) is 11.8 Å². The van der Waals surface area contributed by atoms with Crippen LogP contribution in [0.5, 0.6) is 0 Å². The monoisotopic (exact) mass is 343 g/mol. The molecule has 3 rings (SSSR count). The maximum atomic E-state index is 12.5. The normalized spacial score (nSPS) is 23.4. The van der Waals surface area contributed by atoms with Crippen molar-refractivity contribution in [2.75, 3.05) is 32.7 Å². The molecule has 0 saturated carbocycles. The predicted molar refractivity (Wildman–Crippen MR) is 98.3 cm³/mol. The Morgan fingerprint density at radius 2 is 2.00 bits per heavy atom. The summed E-state index contributed by atoms with van der Waals surface area (Å²) < 4.78 is 0. The Labute approximate surface area is 150 Å². The number of amides is 2. The molecule has 25 heavy (non-hydrogen) atoms. The molecule has 5 nitrogen and oxygen atoms in total. The maximum Gasteiger partial charge on any atom is 0.251 e. The minimum absolute atomic E-state index is 0.0298. The van der Waals surface area contributed by atoms with Crippen molar-refractivity contribution in [1.82, 2.24) is 15.5 Å². The van der Waals surface area contributed by atoms with E-state index in [1.54, 1.807) is 0 Å². The van der Waals surface area contributed by atoms with Crippen LogP contribution in [0, 0.1) is 11.8 Å². The molecule has 2 amide bonds. The molecule has 2 heterocycles. The molecule has 0 aromatic heterocycles. The van der Waals surface area contributed by atoms with Gasteiger partial charge in [-0.3, -0.25) is 9.59 Å². The number of likely N-dealkylation sites (tertiary alicyclic amines) is 1. The predicted octanol–water partition coefficient (Wildman–Crippen LogP) is 2.04. The van der Waals surface area contributed by atoms with Crippen LogP contribution in [0.2, 0.25) is 0 Å². The van der Waals surface area contributed by atoms with Gasteiger partial charge in [-0.1, -0.05) is 18.2 Å². The molecule has 1 aromatic rings. The Balaban J connectivity index is 1.41. The Kier molecular flexibility index (Phi) is 6.45. The Morgan fingerprint density at radius 3 is 2.76 bits per heavy atom. The fourth-order valence-electron chi connectivity index (χ4n) is 3.83. The van der Waals surface area contributed by atoms with Gasteiger partial charge < -0.3 is 15.5 Å². The molecule has 136 valence electrons. The molecule has 0 spiro atoms. The van der Waals surface area contributed by atoms with Gasteiger partial charge in [0.15, 0.2) is 0 Å². The lowest BCUT2D eigenvalue weighted by atomic mass is 9.96. The third kappa shape index (κ3) is 5.30. The van der Waals surface area contributed by atoms with Crippen molar-refractivity contribution in [3.63, 3.8) is 0 Å². The number of piperidine rings is 1. The molecule has 0 bridgehead atoms. The van der Waals surface area contributed by atoms with E-state index >= 15 is 0 Å². The molecule has 2 N–H and O–H groups in total. The zero-order valence-electron chi connectivity index (χ0n) is 14.9. The van der Waals surface area contributed by atoms with Gasteiger partial charge in [-0.05, 0) is 62.7 Å². The van der Waals surface area contributed by atoms with Crippen LogP contribution >= 0.6 is 0 Å². The van der Waals surface area contributed by atoms with Crippen LogP contribution in [0.3, 0.4) is 0 Å². The summed E-state index contributed by atoms with van der Waals surface area (Å²) >= 11 is 0. The van der Waals surface area contributed by atoms with Crippen molar-refractivity contribution in [1.29, 1.82) is 0 Å². The number of carbonyl (C=O) groups excluding carboxylic acids is 2. The van der Waals surface area contributed by atoms with Crippen molar-refractivity contribution in [2.24, 2.45) is 11.8 Å². The first-order chi connectivity index (χ1) is 12.2. The molecule has 2 atom stereocenters. The van der Waals surface area contributed by atoms with Gasteiger partial charge in [0.05, 0.1) is 0 Å². The van der Waals surface area contributed by atoms with Crippen LogP contribution < -0.4 is 10.6 Å². The third-order valence-corrected chi connectivity index (χ3v) is 5.39. The number of benzene rings is 1. The molecule has 2 aliphatic heterocycles. The molecule has 2 aliphatic rings.